The van der Waals surface area contributed by atoms with Gasteiger partial charge in [0.15, 0.2) is 0 Å². The number of fused-ring (bicyclic) bond motifs is 1. The fraction of sp³-hybridized carbons (Fsp3) is 0.154. The van der Waals surface area contributed by atoms with Crippen molar-refractivity contribution in [3.63, 3.8) is 0 Å². The number of carbonyl (C=O) groups excluding carboxylic acids is 1. The molecule has 2 N–H and O–H groups in total. The summed E-state index contributed by atoms with van der Waals surface area (Å²) in [5, 5.41) is 12.3. The van der Waals surface area contributed by atoms with Gasteiger partial charge in [0.05, 0.1) is 7.11 Å². The molecule has 0 aliphatic carbocycles. The molecule has 19 heavy (non-hydrogen) atoms. The van der Waals surface area contributed by atoms with Gasteiger partial charge in [-0.2, -0.15) is 0 Å². The number of hydrogen-bond acceptors (Lipinski definition) is 4. The van der Waals surface area contributed by atoms with Crippen molar-refractivity contribution >= 4 is 22.6 Å². The molecule has 1 aromatic carbocycles. The molecule has 0 saturated heterocycles. The number of carbonyl (C=O) groups is 2. The van der Waals surface area contributed by atoms with E-state index in [1.165, 1.54) is 6.20 Å². The van der Waals surface area contributed by atoms with Crippen molar-refractivity contribution < 1.29 is 19.4 Å². The number of hydrogen-bond donors (Lipinski definition) is 2. The van der Waals surface area contributed by atoms with Gasteiger partial charge in [0, 0.05) is 11.6 Å². The van der Waals surface area contributed by atoms with E-state index in [0.717, 1.165) is 5.39 Å². The summed E-state index contributed by atoms with van der Waals surface area (Å²) in [4.78, 5) is 26.3. The lowest BCUT2D eigenvalue weighted by Gasteiger charge is -2.07. The van der Waals surface area contributed by atoms with Crippen LogP contribution < -0.4 is 10.1 Å². The maximum absolute atomic E-state index is 11.8. The Hall–Kier alpha value is -2.63. The number of pyridine rings is 1. The zero-order chi connectivity index (χ0) is 13.8. The Labute approximate surface area is 109 Å². The molecule has 1 heterocycles. The van der Waals surface area contributed by atoms with Crippen molar-refractivity contribution in [3.05, 3.63) is 36.2 Å². The molecule has 98 valence electrons. The largest absolute Gasteiger partial charge is 0.497 e. The van der Waals surface area contributed by atoms with Crippen LogP contribution in [-0.2, 0) is 4.79 Å². The average Bonchev–Trinajstić information content (AvgIpc) is 2.43. The summed E-state index contributed by atoms with van der Waals surface area (Å²) in [6.45, 7) is -0.437. The summed E-state index contributed by atoms with van der Waals surface area (Å²) >= 11 is 0. The van der Waals surface area contributed by atoms with E-state index in [4.69, 9.17) is 9.84 Å². The van der Waals surface area contributed by atoms with Gasteiger partial charge in [-0.05, 0) is 29.7 Å². The molecule has 0 aliphatic rings. The van der Waals surface area contributed by atoms with Crippen LogP contribution in [-0.4, -0.2) is 35.6 Å². The highest BCUT2D eigenvalue weighted by molar-refractivity contribution is 6.06. The first-order valence-electron chi connectivity index (χ1n) is 5.54. The standard InChI is InChI=1S/C13H12N2O4/c1-19-9-2-3-10-8(6-9)4-5-14-12(10)13(18)15-7-11(16)17/h2-6H,7H2,1H3,(H,15,18)(H,16,17). The van der Waals surface area contributed by atoms with Crippen molar-refractivity contribution in [1.82, 2.24) is 10.3 Å². The van der Waals surface area contributed by atoms with Crippen molar-refractivity contribution in [2.45, 2.75) is 0 Å². The zero-order valence-electron chi connectivity index (χ0n) is 10.2. The summed E-state index contributed by atoms with van der Waals surface area (Å²) in [6.07, 6.45) is 1.50. The average molecular weight is 260 g/mol. The second-order valence-corrected chi connectivity index (χ2v) is 3.82. The highest BCUT2D eigenvalue weighted by atomic mass is 16.5. The number of ether oxygens (including phenoxy) is 1. The van der Waals surface area contributed by atoms with E-state index in [1.807, 2.05) is 0 Å². The van der Waals surface area contributed by atoms with Gasteiger partial charge in [-0.1, -0.05) is 0 Å². The first kappa shape index (κ1) is 12.8. The SMILES string of the molecule is COc1ccc2c(C(=O)NCC(=O)O)nccc2c1. The van der Waals surface area contributed by atoms with Crippen LogP contribution in [0.3, 0.4) is 0 Å². The number of rotatable bonds is 4. The zero-order valence-corrected chi connectivity index (χ0v) is 10.2. The van der Waals surface area contributed by atoms with Crippen molar-refractivity contribution in [2.24, 2.45) is 0 Å². The third-order valence-corrected chi connectivity index (χ3v) is 2.59. The Morgan fingerprint density at radius 3 is 2.84 bits per heavy atom. The molecule has 0 saturated carbocycles. The molecule has 0 aliphatic heterocycles. The highest BCUT2D eigenvalue weighted by Gasteiger charge is 2.12. The summed E-state index contributed by atoms with van der Waals surface area (Å²) in [5.41, 5.74) is 0.196. The minimum Gasteiger partial charge on any atom is -0.497 e. The lowest BCUT2D eigenvalue weighted by Crippen LogP contribution is -2.30. The van der Waals surface area contributed by atoms with E-state index in [1.54, 1.807) is 31.4 Å². The topological polar surface area (TPSA) is 88.5 Å². The van der Waals surface area contributed by atoms with Crippen LogP contribution >= 0.6 is 0 Å². The van der Waals surface area contributed by atoms with E-state index in [-0.39, 0.29) is 5.69 Å². The van der Waals surface area contributed by atoms with Crippen molar-refractivity contribution in [2.75, 3.05) is 13.7 Å². The highest BCUT2D eigenvalue weighted by Crippen LogP contribution is 2.22. The molecule has 6 nitrogen and oxygen atoms in total. The number of carboxylic acids is 1. The second kappa shape index (κ2) is 5.34. The first-order chi connectivity index (χ1) is 9.11. The summed E-state index contributed by atoms with van der Waals surface area (Å²) in [7, 11) is 1.56. The van der Waals surface area contributed by atoms with Crippen LogP contribution in [0.25, 0.3) is 10.8 Å². The number of aliphatic carboxylic acids is 1. The van der Waals surface area contributed by atoms with Gasteiger partial charge in [-0.15, -0.1) is 0 Å². The molecular weight excluding hydrogens is 248 g/mol. The Balaban J connectivity index is 2.38. The van der Waals surface area contributed by atoms with Crippen LogP contribution in [0, 0.1) is 0 Å². The number of amides is 1. The minimum absolute atomic E-state index is 0.196. The number of nitrogens with zero attached hydrogens (tertiary/aromatic N) is 1. The van der Waals surface area contributed by atoms with Gasteiger partial charge in [0.2, 0.25) is 0 Å². The molecule has 0 bridgehead atoms. The first-order valence-corrected chi connectivity index (χ1v) is 5.54. The molecule has 0 unspecified atom stereocenters. The third-order valence-electron chi connectivity index (χ3n) is 2.59. The van der Waals surface area contributed by atoms with Crippen LogP contribution in [0.1, 0.15) is 10.5 Å². The molecular formula is C13H12N2O4. The lowest BCUT2D eigenvalue weighted by molar-refractivity contribution is -0.135. The maximum Gasteiger partial charge on any atom is 0.322 e. The van der Waals surface area contributed by atoms with Gasteiger partial charge in [-0.3, -0.25) is 14.6 Å². The fourth-order valence-corrected chi connectivity index (χ4v) is 1.70. The van der Waals surface area contributed by atoms with Crippen LogP contribution in [0.4, 0.5) is 0 Å². The van der Waals surface area contributed by atoms with E-state index < -0.39 is 18.4 Å². The van der Waals surface area contributed by atoms with Crippen molar-refractivity contribution in [3.8, 4) is 5.75 Å². The van der Waals surface area contributed by atoms with E-state index in [0.29, 0.717) is 11.1 Å². The van der Waals surface area contributed by atoms with Crippen LogP contribution in [0.2, 0.25) is 0 Å². The number of nitrogens with one attached hydrogen (secondary N) is 1. The molecule has 0 atom stereocenters. The molecule has 0 fully saturated rings. The van der Waals surface area contributed by atoms with Crippen molar-refractivity contribution in [1.29, 1.82) is 0 Å². The van der Waals surface area contributed by atoms with Gasteiger partial charge in [0.1, 0.15) is 18.0 Å². The number of carboxylic acid groups (broad SMARTS) is 1. The van der Waals surface area contributed by atoms with Crippen LogP contribution in [0.5, 0.6) is 5.75 Å². The summed E-state index contributed by atoms with van der Waals surface area (Å²) in [6, 6.07) is 6.98. The molecule has 1 aromatic heterocycles. The third kappa shape index (κ3) is 2.79. The predicted molar refractivity (Wildman–Crippen MR) is 68.3 cm³/mol. The predicted octanol–water partition coefficient (Wildman–Crippen LogP) is 1.06. The fourth-order valence-electron chi connectivity index (χ4n) is 1.70. The Bertz CT molecular complexity index is 640. The van der Waals surface area contributed by atoms with E-state index in [2.05, 4.69) is 10.3 Å². The maximum atomic E-state index is 11.8. The second-order valence-electron chi connectivity index (χ2n) is 3.82. The minimum atomic E-state index is -1.10. The summed E-state index contributed by atoms with van der Waals surface area (Å²) in [5.74, 6) is -0.941. The molecule has 6 heteroatoms. The number of benzene rings is 1. The molecule has 0 radical (unpaired) electrons. The molecule has 2 rings (SSSR count). The number of aromatic nitrogens is 1. The summed E-state index contributed by atoms with van der Waals surface area (Å²) < 4.78 is 5.10. The van der Waals surface area contributed by atoms with Crippen LogP contribution in [0.15, 0.2) is 30.5 Å². The van der Waals surface area contributed by atoms with E-state index >= 15 is 0 Å². The smallest absolute Gasteiger partial charge is 0.322 e. The Morgan fingerprint density at radius 2 is 2.16 bits per heavy atom. The van der Waals surface area contributed by atoms with Gasteiger partial charge >= 0.3 is 5.97 Å². The lowest BCUT2D eigenvalue weighted by atomic mass is 10.1. The van der Waals surface area contributed by atoms with Gasteiger partial charge in [-0.25, -0.2) is 0 Å². The van der Waals surface area contributed by atoms with Gasteiger partial charge < -0.3 is 15.2 Å². The molecule has 0 spiro atoms. The van der Waals surface area contributed by atoms with Gasteiger partial charge in [0.25, 0.3) is 5.91 Å². The Morgan fingerprint density at radius 1 is 1.37 bits per heavy atom. The van der Waals surface area contributed by atoms with E-state index in [9.17, 15) is 9.59 Å². The monoisotopic (exact) mass is 260 g/mol. The molecule has 2 aromatic rings. The normalized spacial score (nSPS) is 10.2. The quantitative estimate of drug-likeness (QED) is 0.858. The molecule has 1 amide bonds. The Kier molecular flexibility index (Phi) is 3.61. The number of methoxy groups -OCH3 is 1.